The van der Waals surface area contributed by atoms with E-state index >= 15 is 0 Å². The molecule has 2 aromatic carbocycles. The number of anilines is 1. The lowest BCUT2D eigenvalue weighted by Gasteiger charge is -2.11. The molecule has 0 unspecified atom stereocenters. The van der Waals surface area contributed by atoms with Gasteiger partial charge in [-0.05, 0) is 42.8 Å². The number of ether oxygens (including phenoxy) is 1. The third kappa shape index (κ3) is 3.81. The van der Waals surface area contributed by atoms with E-state index < -0.39 is 0 Å². The van der Waals surface area contributed by atoms with Crippen molar-refractivity contribution in [1.29, 1.82) is 0 Å². The first-order valence-corrected chi connectivity index (χ1v) is 7.73. The summed E-state index contributed by atoms with van der Waals surface area (Å²) in [6.07, 6.45) is 1.90. The second-order valence-electron chi connectivity index (χ2n) is 5.56. The van der Waals surface area contributed by atoms with Gasteiger partial charge < -0.3 is 10.1 Å². The van der Waals surface area contributed by atoms with E-state index in [0.717, 1.165) is 16.9 Å². The molecule has 0 aliphatic carbocycles. The van der Waals surface area contributed by atoms with Crippen LogP contribution in [0.3, 0.4) is 0 Å². The highest BCUT2D eigenvalue weighted by Gasteiger charge is 2.08. The topological polar surface area (TPSA) is 56.1 Å². The van der Waals surface area contributed by atoms with Crippen molar-refractivity contribution < 1.29 is 9.53 Å². The van der Waals surface area contributed by atoms with E-state index in [4.69, 9.17) is 4.74 Å². The van der Waals surface area contributed by atoms with Gasteiger partial charge in [-0.25, -0.2) is 4.68 Å². The number of amides is 1. The largest absolute Gasteiger partial charge is 0.485 e. The summed E-state index contributed by atoms with van der Waals surface area (Å²) >= 11 is 0. The Morgan fingerprint density at radius 3 is 2.71 bits per heavy atom. The molecule has 1 amide bonds. The quantitative estimate of drug-likeness (QED) is 0.779. The highest BCUT2D eigenvalue weighted by atomic mass is 16.5. The molecule has 5 nitrogen and oxygen atoms in total. The van der Waals surface area contributed by atoms with E-state index in [1.807, 2.05) is 72.4 Å². The molecule has 1 N–H and O–H groups in total. The summed E-state index contributed by atoms with van der Waals surface area (Å²) in [7, 11) is 0. The molecule has 0 saturated heterocycles. The van der Waals surface area contributed by atoms with Gasteiger partial charge in [0.15, 0.2) is 0 Å². The van der Waals surface area contributed by atoms with E-state index in [9.17, 15) is 4.79 Å². The van der Waals surface area contributed by atoms with E-state index in [1.54, 1.807) is 0 Å². The zero-order chi connectivity index (χ0) is 16.9. The molecule has 1 aromatic heterocycles. The molecule has 3 rings (SSSR count). The predicted octanol–water partition coefficient (Wildman–Crippen LogP) is 3.72. The van der Waals surface area contributed by atoms with Gasteiger partial charge in [-0.2, -0.15) is 5.10 Å². The first kappa shape index (κ1) is 15.8. The van der Waals surface area contributed by atoms with Crippen LogP contribution in [-0.2, 0) is 11.4 Å². The normalized spacial score (nSPS) is 10.4. The minimum absolute atomic E-state index is 0.128. The smallest absolute Gasteiger partial charge is 0.221 e. The predicted molar refractivity (Wildman–Crippen MR) is 93.4 cm³/mol. The Bertz CT molecular complexity index is 841. The summed E-state index contributed by atoms with van der Waals surface area (Å²) in [5.74, 6) is 0.511. The molecular formula is C19H19N3O2. The summed E-state index contributed by atoms with van der Waals surface area (Å²) in [5.41, 5.74) is 3.54. The Labute approximate surface area is 140 Å². The molecule has 0 bridgehead atoms. The molecule has 0 atom stereocenters. The Balaban J connectivity index is 1.73. The lowest BCUT2D eigenvalue weighted by Crippen LogP contribution is -2.08. The average molecular weight is 321 g/mol. The Morgan fingerprint density at radius 1 is 1.17 bits per heavy atom. The van der Waals surface area contributed by atoms with Crippen LogP contribution in [0.4, 0.5) is 5.69 Å². The number of aromatic nitrogens is 2. The van der Waals surface area contributed by atoms with Crippen molar-refractivity contribution >= 4 is 11.6 Å². The minimum Gasteiger partial charge on any atom is -0.485 e. The van der Waals surface area contributed by atoms with Gasteiger partial charge in [0.05, 0.1) is 11.4 Å². The highest BCUT2D eigenvalue weighted by Crippen LogP contribution is 2.26. The molecule has 0 aliphatic rings. The number of hydrogen-bond acceptors (Lipinski definition) is 3. The summed E-state index contributed by atoms with van der Waals surface area (Å²) in [4.78, 5) is 11.3. The van der Waals surface area contributed by atoms with Gasteiger partial charge in [-0.3, -0.25) is 4.79 Å². The van der Waals surface area contributed by atoms with Crippen LogP contribution < -0.4 is 10.1 Å². The number of carbonyl (C=O) groups excluding carboxylic acids is 1. The van der Waals surface area contributed by atoms with Crippen LogP contribution in [0.5, 0.6) is 5.75 Å². The fourth-order valence-corrected chi connectivity index (χ4v) is 2.36. The maximum Gasteiger partial charge on any atom is 0.221 e. The van der Waals surface area contributed by atoms with Gasteiger partial charge in [0.25, 0.3) is 0 Å². The number of rotatable bonds is 5. The summed E-state index contributed by atoms with van der Waals surface area (Å²) < 4.78 is 7.67. The van der Waals surface area contributed by atoms with Crippen molar-refractivity contribution in [1.82, 2.24) is 9.78 Å². The van der Waals surface area contributed by atoms with Crippen LogP contribution in [0.1, 0.15) is 18.2 Å². The summed E-state index contributed by atoms with van der Waals surface area (Å²) in [5, 5.41) is 7.29. The summed E-state index contributed by atoms with van der Waals surface area (Å²) in [6.45, 7) is 3.79. The molecular weight excluding hydrogens is 302 g/mol. The zero-order valence-corrected chi connectivity index (χ0v) is 13.7. The standard InChI is InChI=1S/C19H19N3O2/c1-14-8-9-18(20-15(2)23)19(12-14)24-13-16-10-11-22(21-16)17-6-4-3-5-7-17/h3-12H,13H2,1-2H3,(H,20,23). The Hall–Kier alpha value is -3.08. The van der Waals surface area contributed by atoms with Gasteiger partial charge in [-0.15, -0.1) is 0 Å². The van der Waals surface area contributed by atoms with E-state index in [2.05, 4.69) is 10.4 Å². The van der Waals surface area contributed by atoms with E-state index in [0.29, 0.717) is 18.0 Å². The lowest BCUT2D eigenvalue weighted by molar-refractivity contribution is -0.114. The first-order chi connectivity index (χ1) is 11.6. The molecule has 0 saturated carbocycles. The van der Waals surface area contributed by atoms with Crippen molar-refractivity contribution in [3.63, 3.8) is 0 Å². The van der Waals surface area contributed by atoms with Crippen molar-refractivity contribution in [3.8, 4) is 11.4 Å². The Kier molecular flexibility index (Phi) is 4.61. The molecule has 3 aromatic rings. The van der Waals surface area contributed by atoms with E-state index in [-0.39, 0.29) is 5.91 Å². The third-order valence-corrected chi connectivity index (χ3v) is 3.49. The fraction of sp³-hybridized carbons (Fsp3) is 0.158. The molecule has 122 valence electrons. The molecule has 24 heavy (non-hydrogen) atoms. The van der Waals surface area contributed by atoms with Crippen molar-refractivity contribution in [2.24, 2.45) is 0 Å². The molecule has 5 heteroatoms. The number of nitrogens with one attached hydrogen (secondary N) is 1. The van der Waals surface area contributed by atoms with Gasteiger partial charge in [-0.1, -0.05) is 24.3 Å². The van der Waals surface area contributed by atoms with Crippen molar-refractivity contribution in [3.05, 3.63) is 72.1 Å². The number of para-hydroxylation sites is 1. The third-order valence-electron chi connectivity index (χ3n) is 3.49. The molecule has 0 spiro atoms. The van der Waals surface area contributed by atoms with Gasteiger partial charge in [0.2, 0.25) is 5.91 Å². The molecule has 0 aliphatic heterocycles. The average Bonchev–Trinajstić information content (AvgIpc) is 3.04. The van der Waals surface area contributed by atoms with Gasteiger partial charge in [0, 0.05) is 13.1 Å². The van der Waals surface area contributed by atoms with Crippen LogP contribution in [-0.4, -0.2) is 15.7 Å². The molecule has 0 fully saturated rings. The maximum atomic E-state index is 11.3. The van der Waals surface area contributed by atoms with Crippen LogP contribution in [0, 0.1) is 6.92 Å². The highest BCUT2D eigenvalue weighted by molar-refractivity contribution is 5.90. The van der Waals surface area contributed by atoms with Crippen LogP contribution in [0.25, 0.3) is 5.69 Å². The van der Waals surface area contributed by atoms with Crippen molar-refractivity contribution in [2.45, 2.75) is 20.5 Å². The van der Waals surface area contributed by atoms with Crippen LogP contribution in [0.15, 0.2) is 60.8 Å². The molecule has 0 radical (unpaired) electrons. The SMILES string of the molecule is CC(=O)Nc1ccc(C)cc1OCc1ccn(-c2ccccc2)n1. The minimum atomic E-state index is -0.128. The van der Waals surface area contributed by atoms with Gasteiger partial charge >= 0.3 is 0 Å². The number of carbonyl (C=O) groups is 1. The zero-order valence-electron chi connectivity index (χ0n) is 13.7. The van der Waals surface area contributed by atoms with Crippen molar-refractivity contribution in [2.75, 3.05) is 5.32 Å². The first-order valence-electron chi connectivity index (χ1n) is 7.73. The van der Waals surface area contributed by atoms with E-state index in [1.165, 1.54) is 6.92 Å². The number of nitrogens with zero attached hydrogens (tertiary/aromatic N) is 2. The molecule has 1 heterocycles. The van der Waals surface area contributed by atoms with Crippen LogP contribution in [0.2, 0.25) is 0 Å². The van der Waals surface area contributed by atoms with Gasteiger partial charge in [0.1, 0.15) is 18.1 Å². The van der Waals surface area contributed by atoms with Crippen LogP contribution >= 0.6 is 0 Å². The fourth-order valence-electron chi connectivity index (χ4n) is 2.36. The number of benzene rings is 2. The number of hydrogen-bond donors (Lipinski definition) is 1. The maximum absolute atomic E-state index is 11.3. The summed E-state index contributed by atoms with van der Waals surface area (Å²) in [6, 6.07) is 17.5. The monoisotopic (exact) mass is 321 g/mol. The lowest BCUT2D eigenvalue weighted by atomic mass is 10.2. The second kappa shape index (κ2) is 7.00. The second-order valence-corrected chi connectivity index (χ2v) is 5.56. The number of aryl methyl sites for hydroxylation is 1. The Morgan fingerprint density at radius 2 is 1.96 bits per heavy atom.